The summed E-state index contributed by atoms with van der Waals surface area (Å²) in [4.78, 5) is 3.77. The predicted molar refractivity (Wildman–Crippen MR) is 104 cm³/mol. The minimum Gasteiger partial charge on any atom is -0.367 e. The molecule has 2 aromatic heterocycles. The smallest absolute Gasteiger partial charge is 0.238 e. The van der Waals surface area contributed by atoms with Crippen LogP contribution in [0, 0.1) is 5.82 Å². The number of anilines is 1. The van der Waals surface area contributed by atoms with Gasteiger partial charge in [-0.15, -0.1) is 5.10 Å². The molecule has 0 aliphatic carbocycles. The van der Waals surface area contributed by atoms with Gasteiger partial charge < -0.3 is 5.73 Å². The van der Waals surface area contributed by atoms with E-state index >= 15 is 0 Å². The van der Waals surface area contributed by atoms with E-state index < -0.39 is 16.2 Å². The van der Waals surface area contributed by atoms with Gasteiger partial charge in [0.2, 0.25) is 16.0 Å². The Morgan fingerprint density at radius 2 is 2.11 bits per heavy atom. The monoisotopic (exact) mass is 467 g/mol. The predicted octanol–water partition coefficient (Wildman–Crippen LogP) is 3.11. The third-order valence-corrected chi connectivity index (χ3v) is 6.85. The quantitative estimate of drug-likeness (QED) is 0.748. The van der Waals surface area contributed by atoms with Crippen molar-refractivity contribution in [1.29, 1.82) is 0 Å². The number of nitrogens with zero attached hydrogens (tertiary/aromatic N) is 4. The average molecular weight is 468 g/mol. The number of hydrogen-bond acceptors (Lipinski definition) is 5. The minimum absolute atomic E-state index is 0.0518. The number of nitrogen functional groups attached to an aromatic ring is 1. The first-order chi connectivity index (χ1) is 12.6. The van der Waals surface area contributed by atoms with E-state index in [-0.39, 0.29) is 30.0 Å². The minimum atomic E-state index is -3.16. The highest BCUT2D eigenvalue weighted by molar-refractivity contribution is 9.10. The van der Waals surface area contributed by atoms with Gasteiger partial charge in [-0.1, -0.05) is 13.8 Å². The number of hydrogen-bond donors (Lipinski definition) is 1. The van der Waals surface area contributed by atoms with Crippen LogP contribution < -0.4 is 5.73 Å². The van der Waals surface area contributed by atoms with Crippen LogP contribution >= 0.6 is 15.9 Å². The molecule has 11 heteroatoms. The zero-order valence-corrected chi connectivity index (χ0v) is 17.9. The first kappa shape index (κ1) is 22.0. The summed E-state index contributed by atoms with van der Waals surface area (Å²) in [5.41, 5.74) is 6.57. The molecule has 0 saturated carbocycles. The lowest BCUT2D eigenvalue weighted by Crippen LogP contribution is -2.41. The fourth-order valence-corrected chi connectivity index (χ4v) is 4.83. The summed E-state index contributed by atoms with van der Waals surface area (Å²) < 4.78 is 52.2. The van der Waals surface area contributed by atoms with E-state index in [0.29, 0.717) is 29.4 Å². The number of rotatable bonds is 3. The van der Waals surface area contributed by atoms with Crippen LogP contribution in [0.2, 0.25) is 0 Å². The summed E-state index contributed by atoms with van der Waals surface area (Å²) in [7, 11) is -3.16. The van der Waals surface area contributed by atoms with Crippen molar-refractivity contribution in [3.63, 3.8) is 0 Å². The summed E-state index contributed by atoms with van der Waals surface area (Å²) in [5, 5.41) is 3.99. The van der Waals surface area contributed by atoms with Crippen LogP contribution in [0.15, 0.2) is 10.7 Å². The van der Waals surface area contributed by atoms with Crippen molar-refractivity contribution in [2.75, 3.05) is 24.6 Å². The third kappa shape index (κ3) is 4.94. The summed E-state index contributed by atoms with van der Waals surface area (Å²) in [5.74, 6) is -0.00373. The Morgan fingerprint density at radius 1 is 1.44 bits per heavy atom. The Hall–Kier alpha value is -1.33. The second kappa shape index (κ2) is 8.78. The Balaban J connectivity index is 0.000000199. The summed E-state index contributed by atoms with van der Waals surface area (Å²) in [6, 6.07) is 0. The largest absolute Gasteiger partial charge is 0.367 e. The maximum Gasteiger partial charge on any atom is 0.238 e. The van der Waals surface area contributed by atoms with Crippen LogP contribution in [0.4, 0.5) is 14.7 Å². The van der Waals surface area contributed by atoms with Crippen molar-refractivity contribution in [3.8, 4) is 0 Å². The van der Waals surface area contributed by atoms with Gasteiger partial charge >= 0.3 is 0 Å². The second-order valence-corrected chi connectivity index (χ2v) is 9.63. The molecule has 1 aliphatic heterocycles. The molecule has 3 heterocycles. The van der Waals surface area contributed by atoms with Gasteiger partial charge in [0.05, 0.1) is 22.1 Å². The maximum absolute atomic E-state index is 13.7. The molecule has 0 aromatic carbocycles. The lowest BCUT2D eigenvalue weighted by Gasteiger charge is -2.27. The SMILES string of the molecule is CC(C)c1c(Br)c(F)c2cnc(N)nn12.CCS(=O)(=O)N1CCCC(F)C1. The molecular formula is C16H24BrF2N5O2S. The number of halogens is 3. The van der Waals surface area contributed by atoms with Crippen LogP contribution in [0.3, 0.4) is 0 Å². The zero-order valence-electron chi connectivity index (χ0n) is 15.5. The van der Waals surface area contributed by atoms with E-state index in [2.05, 4.69) is 26.0 Å². The van der Waals surface area contributed by atoms with Gasteiger partial charge in [-0.05, 0) is 41.6 Å². The van der Waals surface area contributed by atoms with E-state index in [4.69, 9.17) is 5.73 Å². The van der Waals surface area contributed by atoms with Crippen LogP contribution in [-0.2, 0) is 10.0 Å². The molecule has 0 radical (unpaired) electrons. The molecule has 0 amide bonds. The normalized spacial score (nSPS) is 18.6. The van der Waals surface area contributed by atoms with E-state index in [0.717, 1.165) is 5.69 Å². The fourth-order valence-electron chi connectivity index (χ4n) is 2.84. The highest BCUT2D eigenvalue weighted by atomic mass is 79.9. The van der Waals surface area contributed by atoms with Crippen LogP contribution in [0.1, 0.15) is 45.2 Å². The molecule has 152 valence electrons. The summed E-state index contributed by atoms with van der Waals surface area (Å²) in [6.07, 6.45) is 1.55. The lowest BCUT2D eigenvalue weighted by atomic mass is 10.1. The second-order valence-electron chi connectivity index (χ2n) is 6.58. The van der Waals surface area contributed by atoms with Gasteiger partial charge in [-0.2, -0.15) is 4.31 Å². The topological polar surface area (TPSA) is 93.6 Å². The molecule has 2 aromatic rings. The number of fused-ring (bicyclic) bond motifs is 1. The molecule has 1 unspecified atom stereocenters. The van der Waals surface area contributed by atoms with Crippen LogP contribution in [0.25, 0.3) is 5.52 Å². The third-order valence-electron chi connectivity index (χ3n) is 4.25. The van der Waals surface area contributed by atoms with Crippen molar-refractivity contribution >= 4 is 37.4 Å². The molecule has 1 fully saturated rings. The maximum atomic E-state index is 13.7. The molecular weight excluding hydrogens is 444 g/mol. The van der Waals surface area contributed by atoms with Crippen molar-refractivity contribution in [1.82, 2.24) is 18.9 Å². The number of aromatic nitrogens is 3. The van der Waals surface area contributed by atoms with Gasteiger partial charge in [0, 0.05) is 13.1 Å². The van der Waals surface area contributed by atoms with Crippen molar-refractivity contribution in [2.24, 2.45) is 0 Å². The number of piperidine rings is 1. The van der Waals surface area contributed by atoms with Crippen molar-refractivity contribution in [3.05, 3.63) is 22.2 Å². The molecule has 1 atom stereocenters. The number of sulfonamides is 1. The number of alkyl halides is 1. The van der Waals surface area contributed by atoms with Gasteiger partial charge in [-0.3, -0.25) is 0 Å². The van der Waals surface area contributed by atoms with E-state index in [1.165, 1.54) is 15.0 Å². The van der Waals surface area contributed by atoms with Gasteiger partial charge in [0.25, 0.3) is 0 Å². The van der Waals surface area contributed by atoms with Crippen molar-refractivity contribution in [2.45, 2.75) is 45.7 Å². The zero-order chi connectivity index (χ0) is 20.4. The Bertz CT molecular complexity index is 904. The van der Waals surface area contributed by atoms with Gasteiger partial charge in [0.1, 0.15) is 11.7 Å². The van der Waals surface area contributed by atoms with E-state index in [1.807, 2.05) is 13.8 Å². The molecule has 2 N–H and O–H groups in total. The Kier molecular flexibility index (Phi) is 7.14. The molecule has 1 saturated heterocycles. The first-order valence-electron chi connectivity index (χ1n) is 8.68. The molecule has 0 spiro atoms. The molecule has 27 heavy (non-hydrogen) atoms. The van der Waals surface area contributed by atoms with Crippen LogP contribution in [-0.4, -0.2) is 52.3 Å². The van der Waals surface area contributed by atoms with E-state index in [9.17, 15) is 17.2 Å². The fraction of sp³-hybridized carbons (Fsp3) is 0.625. The Labute approximate surface area is 166 Å². The summed E-state index contributed by atoms with van der Waals surface area (Å²) >= 11 is 3.21. The van der Waals surface area contributed by atoms with Crippen LogP contribution in [0.5, 0.6) is 0 Å². The Morgan fingerprint density at radius 3 is 2.67 bits per heavy atom. The lowest BCUT2D eigenvalue weighted by molar-refractivity contribution is 0.203. The molecule has 3 rings (SSSR count). The number of nitrogens with two attached hydrogens (primary N) is 1. The van der Waals surface area contributed by atoms with Crippen molar-refractivity contribution < 1.29 is 17.2 Å². The standard InChI is InChI=1S/C9H10BrFN4.C7H14FNO2S/c1-4(2)8-6(10)7(11)5-3-13-9(12)14-15(5)8;1-2-12(10,11)9-5-3-4-7(8)6-9/h3-4H,1-2H3,(H2,12,14);7H,2-6H2,1H3. The highest BCUT2D eigenvalue weighted by Crippen LogP contribution is 2.31. The summed E-state index contributed by atoms with van der Waals surface area (Å²) in [6.45, 7) is 6.04. The van der Waals surface area contributed by atoms with Gasteiger partial charge in [-0.25, -0.2) is 26.7 Å². The molecule has 1 aliphatic rings. The van der Waals surface area contributed by atoms with Gasteiger partial charge in [0.15, 0.2) is 5.82 Å². The molecule has 7 nitrogen and oxygen atoms in total. The van der Waals surface area contributed by atoms with E-state index in [1.54, 1.807) is 6.92 Å². The first-order valence-corrected chi connectivity index (χ1v) is 11.1. The molecule has 0 bridgehead atoms. The average Bonchev–Trinajstić information content (AvgIpc) is 2.86. The highest BCUT2D eigenvalue weighted by Gasteiger charge is 2.27.